The standard InChI is InChI=1S/C11H15NO4S/c1-2-6-12-17(15,16)8-9-4-3-5-10(7-9)11(13)14/h3-5,7,12H,2,6,8H2,1H3,(H,13,14). The van der Waals surface area contributed by atoms with Gasteiger partial charge in [-0.25, -0.2) is 17.9 Å². The van der Waals surface area contributed by atoms with Gasteiger partial charge in [0.1, 0.15) is 0 Å². The van der Waals surface area contributed by atoms with E-state index >= 15 is 0 Å². The van der Waals surface area contributed by atoms with Crippen molar-refractivity contribution >= 4 is 16.0 Å². The van der Waals surface area contributed by atoms with Crippen molar-refractivity contribution in [1.29, 1.82) is 0 Å². The largest absolute Gasteiger partial charge is 0.478 e. The van der Waals surface area contributed by atoms with Crippen LogP contribution < -0.4 is 4.72 Å². The van der Waals surface area contributed by atoms with Crippen molar-refractivity contribution in [2.75, 3.05) is 6.54 Å². The van der Waals surface area contributed by atoms with Crippen molar-refractivity contribution in [3.05, 3.63) is 35.4 Å². The molecular weight excluding hydrogens is 242 g/mol. The van der Waals surface area contributed by atoms with Crippen LogP contribution in [-0.4, -0.2) is 26.0 Å². The molecule has 0 atom stereocenters. The highest BCUT2D eigenvalue weighted by atomic mass is 32.2. The van der Waals surface area contributed by atoms with Gasteiger partial charge in [-0.3, -0.25) is 0 Å². The Kier molecular flexibility index (Phi) is 4.65. The lowest BCUT2D eigenvalue weighted by atomic mass is 10.1. The number of benzene rings is 1. The van der Waals surface area contributed by atoms with Crippen molar-refractivity contribution in [3.8, 4) is 0 Å². The van der Waals surface area contributed by atoms with E-state index in [0.29, 0.717) is 18.5 Å². The molecule has 1 aromatic rings. The first-order chi connectivity index (χ1) is 7.94. The van der Waals surface area contributed by atoms with Crippen molar-refractivity contribution in [3.63, 3.8) is 0 Å². The Bertz CT molecular complexity index is 496. The molecule has 2 N–H and O–H groups in total. The van der Waals surface area contributed by atoms with E-state index < -0.39 is 16.0 Å². The van der Waals surface area contributed by atoms with Crippen LogP contribution in [0.4, 0.5) is 0 Å². The van der Waals surface area contributed by atoms with Crippen LogP contribution in [0.15, 0.2) is 24.3 Å². The van der Waals surface area contributed by atoms with Gasteiger partial charge in [-0.1, -0.05) is 19.1 Å². The second-order valence-electron chi connectivity index (χ2n) is 3.66. The second kappa shape index (κ2) is 5.79. The first kappa shape index (κ1) is 13.7. The highest BCUT2D eigenvalue weighted by molar-refractivity contribution is 7.88. The van der Waals surface area contributed by atoms with Gasteiger partial charge in [-0.2, -0.15) is 0 Å². The van der Waals surface area contributed by atoms with Crippen LogP contribution >= 0.6 is 0 Å². The van der Waals surface area contributed by atoms with E-state index in [1.807, 2.05) is 6.92 Å². The number of rotatable bonds is 6. The lowest BCUT2D eigenvalue weighted by molar-refractivity contribution is 0.0696. The summed E-state index contributed by atoms with van der Waals surface area (Å²) in [5, 5.41) is 8.78. The van der Waals surface area contributed by atoms with E-state index in [1.165, 1.54) is 18.2 Å². The number of carbonyl (C=O) groups is 1. The first-order valence-electron chi connectivity index (χ1n) is 5.24. The van der Waals surface area contributed by atoms with E-state index in [-0.39, 0.29) is 11.3 Å². The molecule has 0 heterocycles. The van der Waals surface area contributed by atoms with Gasteiger partial charge >= 0.3 is 5.97 Å². The molecule has 0 fully saturated rings. The molecule has 1 aromatic carbocycles. The van der Waals surface area contributed by atoms with Gasteiger partial charge in [0, 0.05) is 6.54 Å². The summed E-state index contributed by atoms with van der Waals surface area (Å²) in [5.41, 5.74) is 0.557. The van der Waals surface area contributed by atoms with Crippen LogP contribution in [0.2, 0.25) is 0 Å². The topological polar surface area (TPSA) is 83.5 Å². The molecule has 0 aliphatic rings. The van der Waals surface area contributed by atoms with Crippen LogP contribution in [0.5, 0.6) is 0 Å². The van der Waals surface area contributed by atoms with Crippen molar-refractivity contribution < 1.29 is 18.3 Å². The van der Waals surface area contributed by atoms with Crippen molar-refractivity contribution in [2.45, 2.75) is 19.1 Å². The molecule has 0 spiro atoms. The summed E-state index contributed by atoms with van der Waals surface area (Å²) in [7, 11) is -3.38. The zero-order chi connectivity index (χ0) is 12.9. The van der Waals surface area contributed by atoms with Gasteiger partial charge < -0.3 is 5.11 Å². The summed E-state index contributed by atoms with van der Waals surface area (Å²) in [6.45, 7) is 2.26. The molecular formula is C11H15NO4S. The number of nitrogens with one attached hydrogen (secondary N) is 1. The molecule has 0 bridgehead atoms. The van der Waals surface area contributed by atoms with E-state index in [0.717, 1.165) is 0 Å². The Morgan fingerprint density at radius 1 is 1.41 bits per heavy atom. The van der Waals surface area contributed by atoms with Gasteiger partial charge in [-0.15, -0.1) is 0 Å². The molecule has 1 rings (SSSR count). The Morgan fingerprint density at radius 3 is 2.71 bits per heavy atom. The van der Waals surface area contributed by atoms with Crippen LogP contribution in [0.25, 0.3) is 0 Å². The van der Waals surface area contributed by atoms with Crippen molar-refractivity contribution in [2.24, 2.45) is 0 Å². The molecule has 0 radical (unpaired) electrons. The highest BCUT2D eigenvalue weighted by Gasteiger charge is 2.11. The third-order valence-electron chi connectivity index (χ3n) is 2.10. The fourth-order valence-electron chi connectivity index (χ4n) is 1.32. The molecule has 94 valence electrons. The quantitative estimate of drug-likeness (QED) is 0.802. The van der Waals surface area contributed by atoms with E-state index in [9.17, 15) is 13.2 Å². The SMILES string of the molecule is CCCNS(=O)(=O)Cc1cccc(C(=O)O)c1. The number of hydrogen-bond donors (Lipinski definition) is 2. The number of sulfonamides is 1. The summed E-state index contributed by atoms with van der Waals surface area (Å²) in [6.07, 6.45) is 0.717. The Hall–Kier alpha value is -1.40. The fourth-order valence-corrected chi connectivity index (χ4v) is 2.56. The summed E-state index contributed by atoms with van der Waals surface area (Å²) >= 11 is 0. The lowest BCUT2D eigenvalue weighted by Gasteiger charge is -2.06. The van der Waals surface area contributed by atoms with Crippen LogP contribution in [0.3, 0.4) is 0 Å². The fraction of sp³-hybridized carbons (Fsp3) is 0.364. The van der Waals surface area contributed by atoms with Crippen LogP contribution in [0, 0.1) is 0 Å². The maximum Gasteiger partial charge on any atom is 0.335 e. The summed E-state index contributed by atoms with van der Waals surface area (Å²) in [5.74, 6) is -1.26. The molecule has 0 aromatic heterocycles. The first-order valence-corrected chi connectivity index (χ1v) is 6.89. The number of aromatic carboxylic acids is 1. The van der Waals surface area contributed by atoms with Crippen LogP contribution in [0.1, 0.15) is 29.3 Å². The lowest BCUT2D eigenvalue weighted by Crippen LogP contribution is -2.25. The molecule has 0 amide bonds. The van der Waals surface area contributed by atoms with Gasteiger partial charge in [0.25, 0.3) is 0 Å². The molecule has 17 heavy (non-hydrogen) atoms. The molecule has 5 nitrogen and oxygen atoms in total. The van der Waals surface area contributed by atoms with Gasteiger partial charge in [0.05, 0.1) is 11.3 Å². The monoisotopic (exact) mass is 257 g/mol. The third kappa shape index (κ3) is 4.54. The zero-order valence-corrected chi connectivity index (χ0v) is 10.3. The Balaban J connectivity index is 2.81. The predicted octanol–water partition coefficient (Wildman–Crippen LogP) is 1.21. The molecule has 0 saturated heterocycles. The summed E-state index contributed by atoms with van der Waals surface area (Å²) in [6, 6.07) is 5.93. The smallest absolute Gasteiger partial charge is 0.335 e. The minimum Gasteiger partial charge on any atom is -0.478 e. The van der Waals surface area contributed by atoms with Crippen LogP contribution in [-0.2, 0) is 15.8 Å². The van der Waals surface area contributed by atoms with Gasteiger partial charge in [-0.05, 0) is 24.1 Å². The van der Waals surface area contributed by atoms with Gasteiger partial charge in [0.2, 0.25) is 10.0 Å². The van der Waals surface area contributed by atoms with E-state index in [1.54, 1.807) is 6.07 Å². The third-order valence-corrected chi connectivity index (χ3v) is 3.46. The molecule has 0 aliphatic heterocycles. The maximum atomic E-state index is 11.6. The predicted molar refractivity (Wildman–Crippen MR) is 64.3 cm³/mol. The highest BCUT2D eigenvalue weighted by Crippen LogP contribution is 2.08. The molecule has 0 saturated carbocycles. The van der Waals surface area contributed by atoms with E-state index in [4.69, 9.17) is 5.11 Å². The maximum absolute atomic E-state index is 11.6. The Labute approximate surface area is 101 Å². The average molecular weight is 257 g/mol. The molecule has 6 heteroatoms. The summed E-state index contributed by atoms with van der Waals surface area (Å²) < 4.78 is 25.6. The van der Waals surface area contributed by atoms with E-state index in [2.05, 4.69) is 4.72 Å². The Morgan fingerprint density at radius 2 is 2.12 bits per heavy atom. The number of hydrogen-bond acceptors (Lipinski definition) is 3. The average Bonchev–Trinajstić information content (AvgIpc) is 2.26. The molecule has 0 aliphatic carbocycles. The normalized spacial score (nSPS) is 11.4. The van der Waals surface area contributed by atoms with Crippen molar-refractivity contribution in [1.82, 2.24) is 4.72 Å². The van der Waals surface area contributed by atoms with Gasteiger partial charge in [0.15, 0.2) is 0 Å². The minimum atomic E-state index is -3.38. The zero-order valence-electron chi connectivity index (χ0n) is 9.51. The minimum absolute atomic E-state index is 0.0909. The molecule has 0 unspecified atom stereocenters. The number of carboxylic acids is 1. The number of carboxylic acid groups (broad SMARTS) is 1. The second-order valence-corrected chi connectivity index (χ2v) is 5.47. The summed E-state index contributed by atoms with van der Waals surface area (Å²) in [4.78, 5) is 10.7.